The zero-order valence-corrected chi connectivity index (χ0v) is 15.5. The minimum absolute atomic E-state index is 0.110. The normalized spacial score (nSPS) is 26.7. The average Bonchev–Trinajstić information content (AvgIpc) is 3.21. The number of pyridine rings is 1. The molecule has 0 saturated heterocycles. The summed E-state index contributed by atoms with van der Waals surface area (Å²) in [5.74, 6) is 0.331. The highest BCUT2D eigenvalue weighted by Gasteiger charge is 2.69. The first-order valence-corrected chi connectivity index (χ1v) is 9.50. The lowest BCUT2D eigenvalue weighted by atomic mass is 9.72. The number of rotatable bonds is 2. The molecule has 3 aromatic rings. The highest BCUT2D eigenvalue weighted by atomic mass is 16.5. The van der Waals surface area contributed by atoms with E-state index in [0.717, 1.165) is 17.5 Å². The van der Waals surface area contributed by atoms with Gasteiger partial charge in [-0.3, -0.25) is 4.98 Å². The van der Waals surface area contributed by atoms with Crippen LogP contribution < -0.4 is 4.74 Å². The Kier molecular flexibility index (Phi) is 3.71. The van der Waals surface area contributed by atoms with Crippen LogP contribution in [0.3, 0.4) is 0 Å². The van der Waals surface area contributed by atoms with Gasteiger partial charge in [0.1, 0.15) is 17.5 Å². The summed E-state index contributed by atoms with van der Waals surface area (Å²) in [5.41, 5.74) is 0.862. The Balaban J connectivity index is 1.76. The van der Waals surface area contributed by atoms with Crippen molar-refractivity contribution in [2.24, 2.45) is 0 Å². The molecule has 1 saturated carbocycles. The largest absolute Gasteiger partial charge is 0.476 e. The van der Waals surface area contributed by atoms with E-state index in [2.05, 4.69) is 17.1 Å². The lowest BCUT2D eigenvalue weighted by Crippen LogP contribution is -2.48. The van der Waals surface area contributed by atoms with Crippen molar-refractivity contribution in [1.82, 2.24) is 4.98 Å². The lowest BCUT2D eigenvalue weighted by molar-refractivity contribution is -0.107. The van der Waals surface area contributed by atoms with Gasteiger partial charge < -0.3 is 9.84 Å². The molecular formula is C24H17N3O2. The lowest BCUT2D eigenvalue weighted by Gasteiger charge is -2.39. The minimum atomic E-state index is -1.33. The van der Waals surface area contributed by atoms with Crippen LogP contribution in [0.15, 0.2) is 66.9 Å². The van der Waals surface area contributed by atoms with Gasteiger partial charge in [-0.15, -0.1) is 0 Å². The van der Waals surface area contributed by atoms with Crippen molar-refractivity contribution in [2.75, 3.05) is 0 Å². The quantitative estimate of drug-likeness (QED) is 0.730. The SMILES string of the molecule is N#Cc1ccc(C23Oc4cc(C#N)cnc4C2(O)CCC3c2ccccc2)cc1. The number of hydrogen-bond acceptors (Lipinski definition) is 5. The zero-order valence-electron chi connectivity index (χ0n) is 15.5. The molecule has 0 bridgehead atoms. The molecule has 0 radical (unpaired) electrons. The van der Waals surface area contributed by atoms with Crippen molar-refractivity contribution in [1.29, 1.82) is 10.5 Å². The molecule has 0 amide bonds. The van der Waals surface area contributed by atoms with Gasteiger partial charge in [-0.2, -0.15) is 10.5 Å². The fraction of sp³-hybridized carbons (Fsp3) is 0.208. The average molecular weight is 379 g/mol. The Hall–Kier alpha value is -3.67. The number of ether oxygens (including phenoxy) is 1. The standard InChI is InChI=1S/C24H17N3O2/c25-13-16-6-8-19(9-7-16)24-20(18-4-2-1-3-5-18)10-11-23(24,28)22-21(29-24)12-17(14-26)15-27-22/h1-9,12,15,20,28H,10-11H2. The summed E-state index contributed by atoms with van der Waals surface area (Å²) >= 11 is 0. The molecule has 0 spiro atoms. The van der Waals surface area contributed by atoms with E-state index in [-0.39, 0.29) is 5.92 Å². The Morgan fingerprint density at radius 1 is 1.00 bits per heavy atom. The minimum Gasteiger partial charge on any atom is -0.476 e. The smallest absolute Gasteiger partial charge is 0.175 e. The summed E-state index contributed by atoms with van der Waals surface area (Å²) in [6.45, 7) is 0. The van der Waals surface area contributed by atoms with Crippen LogP contribution in [-0.2, 0) is 11.2 Å². The van der Waals surface area contributed by atoms with Crippen LogP contribution in [0.1, 0.15) is 46.7 Å². The van der Waals surface area contributed by atoms with E-state index in [1.165, 1.54) is 6.20 Å². The molecule has 3 atom stereocenters. The van der Waals surface area contributed by atoms with Gasteiger partial charge in [0.2, 0.25) is 0 Å². The van der Waals surface area contributed by atoms with Crippen LogP contribution in [0.5, 0.6) is 5.75 Å². The monoisotopic (exact) mass is 379 g/mol. The maximum Gasteiger partial charge on any atom is 0.175 e. The number of nitriles is 2. The Morgan fingerprint density at radius 2 is 1.72 bits per heavy atom. The van der Waals surface area contributed by atoms with Gasteiger partial charge in [-0.25, -0.2) is 0 Å². The molecular weight excluding hydrogens is 362 g/mol. The molecule has 2 aromatic carbocycles. The van der Waals surface area contributed by atoms with Crippen molar-refractivity contribution in [2.45, 2.75) is 30.0 Å². The number of nitrogens with zero attached hydrogens (tertiary/aromatic N) is 3. The molecule has 5 heteroatoms. The summed E-state index contributed by atoms with van der Waals surface area (Å²) in [6, 6.07) is 23.1. The second-order valence-corrected chi connectivity index (χ2v) is 7.57. The molecule has 1 aliphatic carbocycles. The number of aliphatic hydroxyl groups is 1. The molecule has 3 unspecified atom stereocenters. The summed E-state index contributed by atoms with van der Waals surface area (Å²) in [6.07, 6.45) is 2.69. The summed E-state index contributed by atoms with van der Waals surface area (Å²) < 4.78 is 6.54. The molecule has 1 aromatic heterocycles. The number of hydrogen-bond donors (Lipinski definition) is 1. The second-order valence-electron chi connectivity index (χ2n) is 7.57. The number of fused-ring (bicyclic) bond motifs is 3. The van der Waals surface area contributed by atoms with Crippen molar-refractivity contribution < 1.29 is 9.84 Å². The fourth-order valence-corrected chi connectivity index (χ4v) is 4.93. The zero-order chi connectivity index (χ0) is 20.1. The molecule has 2 heterocycles. The predicted octanol–water partition coefficient (Wildman–Crippen LogP) is 3.88. The third-order valence-electron chi connectivity index (χ3n) is 6.19. The first kappa shape index (κ1) is 17.4. The van der Waals surface area contributed by atoms with Crippen LogP contribution in [0.4, 0.5) is 0 Å². The first-order valence-electron chi connectivity index (χ1n) is 9.50. The maximum atomic E-state index is 12.0. The Labute approximate surface area is 168 Å². The highest BCUT2D eigenvalue weighted by Crippen LogP contribution is 2.66. The predicted molar refractivity (Wildman–Crippen MR) is 105 cm³/mol. The van der Waals surface area contributed by atoms with Crippen LogP contribution in [-0.4, -0.2) is 10.1 Å². The fourth-order valence-electron chi connectivity index (χ4n) is 4.93. The van der Waals surface area contributed by atoms with Gasteiger partial charge in [-0.05, 0) is 36.1 Å². The number of aromatic nitrogens is 1. The van der Waals surface area contributed by atoms with Crippen molar-refractivity contribution in [3.8, 4) is 17.9 Å². The highest BCUT2D eigenvalue weighted by molar-refractivity contribution is 5.53. The van der Waals surface area contributed by atoms with Gasteiger partial charge in [-0.1, -0.05) is 42.5 Å². The molecule has 5 nitrogen and oxygen atoms in total. The molecule has 5 rings (SSSR count). The van der Waals surface area contributed by atoms with Crippen molar-refractivity contribution in [3.05, 3.63) is 94.8 Å². The molecule has 1 N–H and O–H groups in total. The van der Waals surface area contributed by atoms with Gasteiger partial charge in [0.15, 0.2) is 11.2 Å². The van der Waals surface area contributed by atoms with Crippen LogP contribution in [0.2, 0.25) is 0 Å². The van der Waals surface area contributed by atoms with Gasteiger partial charge in [0.05, 0.1) is 17.2 Å². The molecule has 29 heavy (non-hydrogen) atoms. The van der Waals surface area contributed by atoms with Crippen LogP contribution in [0.25, 0.3) is 0 Å². The molecule has 1 aliphatic heterocycles. The van der Waals surface area contributed by atoms with Gasteiger partial charge in [0, 0.05) is 18.2 Å². The maximum absolute atomic E-state index is 12.0. The second kappa shape index (κ2) is 6.17. The third kappa shape index (κ3) is 2.26. The molecule has 2 aliphatic rings. The van der Waals surface area contributed by atoms with E-state index < -0.39 is 11.2 Å². The molecule has 140 valence electrons. The van der Waals surface area contributed by atoms with Crippen LogP contribution >= 0.6 is 0 Å². The third-order valence-corrected chi connectivity index (χ3v) is 6.19. The van der Waals surface area contributed by atoms with E-state index in [4.69, 9.17) is 4.74 Å². The topological polar surface area (TPSA) is 89.9 Å². The van der Waals surface area contributed by atoms with E-state index in [9.17, 15) is 15.6 Å². The first-order chi connectivity index (χ1) is 14.1. The summed E-state index contributed by atoms with van der Waals surface area (Å²) in [7, 11) is 0. The number of benzene rings is 2. The Morgan fingerprint density at radius 3 is 2.41 bits per heavy atom. The van der Waals surface area contributed by atoms with Gasteiger partial charge in [0.25, 0.3) is 0 Å². The van der Waals surface area contributed by atoms with Gasteiger partial charge >= 0.3 is 0 Å². The summed E-state index contributed by atoms with van der Waals surface area (Å²) in [5, 5.41) is 30.4. The van der Waals surface area contributed by atoms with E-state index in [1.54, 1.807) is 18.2 Å². The Bertz CT molecular complexity index is 1180. The van der Waals surface area contributed by atoms with E-state index in [1.807, 2.05) is 42.5 Å². The van der Waals surface area contributed by atoms with Crippen LogP contribution in [0, 0.1) is 22.7 Å². The molecule has 1 fully saturated rings. The van der Waals surface area contributed by atoms with E-state index in [0.29, 0.717) is 29.0 Å². The van der Waals surface area contributed by atoms with E-state index >= 15 is 0 Å². The van der Waals surface area contributed by atoms with Crippen molar-refractivity contribution in [3.63, 3.8) is 0 Å². The van der Waals surface area contributed by atoms with Crippen molar-refractivity contribution >= 4 is 0 Å². The summed E-state index contributed by atoms with van der Waals surface area (Å²) in [4.78, 5) is 4.43.